The Kier molecular flexibility index (Phi) is 5.13. The van der Waals surface area contributed by atoms with E-state index in [0.29, 0.717) is 18.2 Å². The minimum atomic E-state index is -0.346. The van der Waals surface area contributed by atoms with E-state index in [9.17, 15) is 4.39 Å². The Balaban J connectivity index is 1.73. The minimum Gasteiger partial charge on any atom is -0.392 e. The van der Waals surface area contributed by atoms with Crippen LogP contribution >= 0.6 is 11.8 Å². The van der Waals surface area contributed by atoms with Crippen LogP contribution in [-0.4, -0.2) is 16.6 Å². The van der Waals surface area contributed by atoms with E-state index in [-0.39, 0.29) is 12.4 Å². The normalized spacial score (nSPS) is 17.8. The molecule has 2 aromatic rings. The van der Waals surface area contributed by atoms with Gasteiger partial charge in [0.15, 0.2) is 0 Å². The minimum absolute atomic E-state index is 0.262. The molecule has 0 amide bonds. The van der Waals surface area contributed by atoms with Crippen LogP contribution in [0.25, 0.3) is 0 Å². The van der Waals surface area contributed by atoms with E-state index in [2.05, 4.69) is 29.6 Å². The third-order valence-corrected chi connectivity index (χ3v) is 5.13. The van der Waals surface area contributed by atoms with Crippen molar-refractivity contribution < 1.29 is 9.50 Å². The van der Waals surface area contributed by atoms with E-state index in [1.54, 1.807) is 12.1 Å². The molecule has 0 fully saturated rings. The average molecular weight is 317 g/mol. The molecule has 0 radical (unpaired) electrons. The van der Waals surface area contributed by atoms with Crippen LogP contribution in [0.4, 0.5) is 4.39 Å². The van der Waals surface area contributed by atoms with Crippen LogP contribution in [0.2, 0.25) is 0 Å². The first-order chi connectivity index (χ1) is 10.8. The molecule has 0 saturated carbocycles. The Morgan fingerprint density at radius 1 is 1.23 bits per heavy atom. The highest BCUT2D eigenvalue weighted by Crippen LogP contribution is 2.27. The lowest BCUT2D eigenvalue weighted by molar-refractivity contribution is 0.275. The van der Waals surface area contributed by atoms with Gasteiger partial charge in [0.1, 0.15) is 5.82 Å². The molecule has 2 nitrogen and oxygen atoms in total. The smallest absolute Gasteiger partial charge is 0.128 e. The number of hydrogen-bond acceptors (Lipinski definition) is 3. The van der Waals surface area contributed by atoms with E-state index in [4.69, 9.17) is 5.11 Å². The maximum Gasteiger partial charge on any atom is 0.128 e. The summed E-state index contributed by atoms with van der Waals surface area (Å²) in [5.74, 6) is 1.85. The Labute approximate surface area is 134 Å². The third-order valence-electron chi connectivity index (χ3n) is 4.06. The van der Waals surface area contributed by atoms with Crippen LogP contribution in [0.3, 0.4) is 0 Å². The Hall–Kier alpha value is -1.36. The molecule has 116 valence electrons. The van der Waals surface area contributed by atoms with E-state index in [0.717, 1.165) is 23.5 Å². The summed E-state index contributed by atoms with van der Waals surface area (Å²) in [6.07, 6.45) is 1.12. The van der Waals surface area contributed by atoms with Gasteiger partial charge in [0.25, 0.3) is 0 Å². The number of rotatable bonds is 4. The predicted molar refractivity (Wildman–Crippen MR) is 89.4 cm³/mol. The van der Waals surface area contributed by atoms with Gasteiger partial charge >= 0.3 is 0 Å². The number of thioether (sulfide) groups is 1. The summed E-state index contributed by atoms with van der Waals surface area (Å²) in [7, 11) is 0. The second-order valence-corrected chi connectivity index (χ2v) is 6.69. The van der Waals surface area contributed by atoms with Gasteiger partial charge in [-0.15, -0.1) is 0 Å². The highest BCUT2D eigenvalue weighted by molar-refractivity contribution is 7.99. The van der Waals surface area contributed by atoms with Gasteiger partial charge in [0.2, 0.25) is 0 Å². The highest BCUT2D eigenvalue weighted by atomic mass is 32.2. The van der Waals surface area contributed by atoms with Crippen molar-refractivity contribution in [3.63, 3.8) is 0 Å². The van der Waals surface area contributed by atoms with Gasteiger partial charge < -0.3 is 10.4 Å². The first-order valence-electron chi connectivity index (χ1n) is 7.55. The maximum atomic E-state index is 13.4. The van der Waals surface area contributed by atoms with Gasteiger partial charge in [-0.25, -0.2) is 4.39 Å². The zero-order valence-corrected chi connectivity index (χ0v) is 13.2. The number of nitrogens with one attached hydrogen (secondary N) is 1. The van der Waals surface area contributed by atoms with E-state index < -0.39 is 0 Å². The van der Waals surface area contributed by atoms with Crippen molar-refractivity contribution >= 4 is 11.8 Å². The summed E-state index contributed by atoms with van der Waals surface area (Å²) in [4.78, 5) is 0. The topological polar surface area (TPSA) is 32.3 Å². The molecule has 1 aliphatic heterocycles. The molecule has 1 atom stereocenters. The van der Waals surface area contributed by atoms with Crippen molar-refractivity contribution in [2.24, 2.45) is 0 Å². The van der Waals surface area contributed by atoms with Gasteiger partial charge in [-0.1, -0.05) is 30.3 Å². The first kappa shape index (κ1) is 15.5. The molecule has 1 unspecified atom stereocenters. The number of aryl methyl sites for hydroxylation is 1. The van der Waals surface area contributed by atoms with E-state index in [1.807, 2.05) is 11.8 Å². The highest BCUT2D eigenvalue weighted by Gasteiger charge is 2.18. The second-order valence-electron chi connectivity index (χ2n) is 5.54. The molecule has 2 N–H and O–H groups in total. The Morgan fingerprint density at radius 3 is 2.95 bits per heavy atom. The van der Waals surface area contributed by atoms with Crippen molar-refractivity contribution in [1.29, 1.82) is 0 Å². The largest absolute Gasteiger partial charge is 0.392 e. The van der Waals surface area contributed by atoms with Crippen molar-refractivity contribution in [1.82, 2.24) is 5.32 Å². The molecule has 1 heterocycles. The fourth-order valence-corrected chi connectivity index (χ4v) is 3.91. The standard InChI is InChI=1S/C18H20FNOS/c19-17-6-5-13(9-15(17)11-21)10-20-18-12-22-8-7-14-3-1-2-4-16(14)18/h1-6,9,18,20-21H,7-8,10-12H2. The predicted octanol–water partition coefficient (Wildman–Crippen LogP) is 3.44. The zero-order valence-electron chi connectivity index (χ0n) is 12.4. The van der Waals surface area contributed by atoms with Crippen LogP contribution < -0.4 is 5.32 Å². The fourth-order valence-electron chi connectivity index (χ4n) is 2.84. The van der Waals surface area contributed by atoms with Gasteiger partial charge in [-0.2, -0.15) is 11.8 Å². The Morgan fingerprint density at radius 2 is 2.09 bits per heavy atom. The molecule has 0 bridgehead atoms. The van der Waals surface area contributed by atoms with Crippen LogP contribution in [0.1, 0.15) is 28.3 Å². The zero-order chi connectivity index (χ0) is 15.4. The summed E-state index contributed by atoms with van der Waals surface area (Å²) >= 11 is 1.96. The summed E-state index contributed by atoms with van der Waals surface area (Å²) in [5.41, 5.74) is 4.14. The number of fused-ring (bicyclic) bond motifs is 1. The van der Waals surface area contributed by atoms with Crippen LogP contribution in [0.15, 0.2) is 42.5 Å². The summed E-state index contributed by atoms with van der Waals surface area (Å²) in [6.45, 7) is 0.411. The van der Waals surface area contributed by atoms with Gasteiger partial charge in [0.05, 0.1) is 6.61 Å². The molecular formula is C18H20FNOS. The molecule has 1 aliphatic rings. The molecule has 0 aromatic heterocycles. The van der Waals surface area contributed by atoms with Crippen LogP contribution in [0, 0.1) is 5.82 Å². The fraction of sp³-hybridized carbons (Fsp3) is 0.333. The number of halogens is 1. The third kappa shape index (κ3) is 3.51. The van der Waals surface area contributed by atoms with Gasteiger partial charge in [0, 0.05) is 23.9 Å². The summed E-state index contributed by atoms with van der Waals surface area (Å²) in [5, 5.41) is 12.7. The number of hydrogen-bond donors (Lipinski definition) is 2. The molecule has 3 rings (SSSR count). The van der Waals surface area contributed by atoms with Crippen molar-refractivity contribution in [3.05, 3.63) is 70.5 Å². The number of aliphatic hydroxyl groups excluding tert-OH is 1. The van der Waals surface area contributed by atoms with Crippen molar-refractivity contribution in [2.75, 3.05) is 11.5 Å². The van der Waals surface area contributed by atoms with Crippen LogP contribution in [0.5, 0.6) is 0 Å². The monoisotopic (exact) mass is 317 g/mol. The molecule has 0 aliphatic carbocycles. The van der Waals surface area contributed by atoms with Crippen molar-refractivity contribution in [3.8, 4) is 0 Å². The van der Waals surface area contributed by atoms with E-state index in [1.165, 1.54) is 17.2 Å². The summed E-state index contributed by atoms with van der Waals surface area (Å²) in [6, 6.07) is 13.8. The Bertz CT molecular complexity index is 647. The maximum absolute atomic E-state index is 13.4. The molecule has 0 saturated heterocycles. The molecule has 2 aromatic carbocycles. The lowest BCUT2D eigenvalue weighted by Crippen LogP contribution is -2.23. The van der Waals surface area contributed by atoms with Crippen molar-refractivity contribution in [2.45, 2.75) is 25.6 Å². The molecule has 4 heteroatoms. The lowest BCUT2D eigenvalue weighted by atomic mass is 9.99. The molecule has 0 spiro atoms. The summed E-state index contributed by atoms with van der Waals surface area (Å²) < 4.78 is 13.4. The van der Waals surface area contributed by atoms with Gasteiger partial charge in [-0.3, -0.25) is 0 Å². The first-order valence-corrected chi connectivity index (χ1v) is 8.70. The van der Waals surface area contributed by atoms with Crippen LogP contribution in [-0.2, 0) is 19.6 Å². The molecule has 22 heavy (non-hydrogen) atoms. The second kappa shape index (κ2) is 7.27. The SMILES string of the molecule is OCc1cc(CNC2CSCCc3ccccc32)ccc1F. The quantitative estimate of drug-likeness (QED) is 0.906. The molecular weight excluding hydrogens is 297 g/mol. The average Bonchev–Trinajstić information content (AvgIpc) is 2.76. The van der Waals surface area contributed by atoms with E-state index >= 15 is 0 Å². The number of aliphatic hydroxyl groups is 1. The number of benzene rings is 2. The van der Waals surface area contributed by atoms with Gasteiger partial charge in [-0.05, 0) is 41.0 Å². The lowest BCUT2D eigenvalue weighted by Gasteiger charge is -2.19.